The van der Waals surface area contributed by atoms with E-state index in [1.807, 2.05) is 6.92 Å². The molecule has 7 nitrogen and oxygen atoms in total. The first-order chi connectivity index (χ1) is 12.7. The molecule has 2 unspecified atom stereocenters. The maximum Gasteiger partial charge on any atom is 0.307 e. The van der Waals surface area contributed by atoms with Crippen LogP contribution in [-0.2, 0) is 14.8 Å². The number of sulfonamides is 1. The molecule has 27 heavy (non-hydrogen) atoms. The highest BCUT2D eigenvalue weighted by atomic mass is 32.2. The lowest BCUT2D eigenvalue weighted by molar-refractivity contribution is -0.143. The number of rotatable bonds is 3. The zero-order valence-corrected chi connectivity index (χ0v) is 15.9. The van der Waals surface area contributed by atoms with Gasteiger partial charge < -0.3 is 10.0 Å². The Morgan fingerprint density at radius 3 is 2.63 bits per heavy atom. The van der Waals surface area contributed by atoms with Gasteiger partial charge in [0.05, 0.1) is 16.5 Å². The third-order valence-electron chi connectivity index (χ3n) is 5.47. The fourth-order valence-electron chi connectivity index (χ4n) is 4.15. The summed E-state index contributed by atoms with van der Waals surface area (Å²) in [6.07, 6.45) is 0.463. The van der Waals surface area contributed by atoms with Crippen LogP contribution < -0.4 is 4.90 Å². The Kier molecular flexibility index (Phi) is 4.01. The molecule has 8 heteroatoms. The number of carboxylic acids is 1. The van der Waals surface area contributed by atoms with Crippen LogP contribution in [-0.4, -0.2) is 49.8 Å². The van der Waals surface area contributed by atoms with Crippen molar-refractivity contribution in [1.82, 2.24) is 4.31 Å². The zero-order valence-electron chi connectivity index (χ0n) is 15.0. The van der Waals surface area contributed by atoms with Crippen molar-refractivity contribution in [3.05, 3.63) is 35.9 Å². The van der Waals surface area contributed by atoms with Crippen molar-refractivity contribution in [3.8, 4) is 0 Å². The number of aliphatic carboxylic acids is 1. The maximum atomic E-state index is 13.4. The minimum atomic E-state index is -3.89. The van der Waals surface area contributed by atoms with Crippen molar-refractivity contribution >= 4 is 38.4 Å². The summed E-state index contributed by atoms with van der Waals surface area (Å²) in [6, 6.07) is 8.23. The number of carbonyl (C=O) groups excluding carboxylic acids is 1. The molecule has 2 aliphatic heterocycles. The van der Waals surface area contributed by atoms with Gasteiger partial charge in [0.2, 0.25) is 10.0 Å². The van der Waals surface area contributed by atoms with Gasteiger partial charge in [0.15, 0.2) is 0 Å². The van der Waals surface area contributed by atoms with Crippen LogP contribution in [0.25, 0.3) is 10.8 Å². The Labute approximate surface area is 157 Å². The van der Waals surface area contributed by atoms with Crippen LogP contribution >= 0.6 is 0 Å². The number of carboxylic acid groups (broad SMARTS) is 1. The van der Waals surface area contributed by atoms with Gasteiger partial charge in [-0.25, -0.2) is 8.42 Å². The number of nitrogens with zero attached hydrogens (tertiary/aromatic N) is 2. The summed E-state index contributed by atoms with van der Waals surface area (Å²) in [5, 5.41) is 10.5. The van der Waals surface area contributed by atoms with E-state index in [1.54, 1.807) is 31.3 Å². The molecule has 142 valence electrons. The second kappa shape index (κ2) is 6.03. The van der Waals surface area contributed by atoms with Gasteiger partial charge in [-0.15, -0.1) is 0 Å². The van der Waals surface area contributed by atoms with Gasteiger partial charge in [-0.2, -0.15) is 4.31 Å². The van der Waals surface area contributed by atoms with Gasteiger partial charge in [0, 0.05) is 36.5 Å². The second-order valence-corrected chi connectivity index (χ2v) is 9.28. The predicted octanol–water partition coefficient (Wildman–Crippen LogP) is 2.16. The molecule has 0 aromatic heterocycles. The first-order valence-corrected chi connectivity index (χ1v) is 10.2. The normalized spacial score (nSPS) is 23.2. The summed E-state index contributed by atoms with van der Waals surface area (Å²) in [6.45, 7) is 2.11. The fourth-order valence-corrected chi connectivity index (χ4v) is 5.94. The first kappa shape index (κ1) is 17.9. The van der Waals surface area contributed by atoms with Gasteiger partial charge in [-0.1, -0.05) is 19.1 Å². The number of benzene rings is 2. The third-order valence-corrected chi connectivity index (χ3v) is 7.36. The van der Waals surface area contributed by atoms with Crippen LogP contribution in [0.2, 0.25) is 0 Å². The molecule has 2 aromatic rings. The molecule has 0 aliphatic carbocycles. The van der Waals surface area contributed by atoms with Crippen molar-refractivity contribution in [2.45, 2.75) is 18.2 Å². The molecular formula is C19H20N2O5S. The lowest BCUT2D eigenvalue weighted by Crippen LogP contribution is -2.45. The van der Waals surface area contributed by atoms with E-state index in [1.165, 1.54) is 15.3 Å². The van der Waals surface area contributed by atoms with Crippen LogP contribution in [0.4, 0.5) is 5.69 Å². The highest BCUT2D eigenvalue weighted by molar-refractivity contribution is 7.89. The molecular weight excluding hydrogens is 368 g/mol. The molecule has 1 fully saturated rings. The van der Waals surface area contributed by atoms with E-state index in [-0.39, 0.29) is 29.8 Å². The Morgan fingerprint density at radius 1 is 1.19 bits per heavy atom. The van der Waals surface area contributed by atoms with E-state index in [2.05, 4.69) is 0 Å². The SMILES string of the molecule is CC1CC(C(=O)O)CN(S(=O)(=O)c2ccc3c4c(cccc24)C(=O)N3C)C1. The average Bonchev–Trinajstić information content (AvgIpc) is 2.88. The molecule has 0 radical (unpaired) electrons. The summed E-state index contributed by atoms with van der Waals surface area (Å²) in [7, 11) is -2.23. The van der Waals surface area contributed by atoms with Crippen LogP contribution in [0.5, 0.6) is 0 Å². The highest BCUT2D eigenvalue weighted by Crippen LogP contribution is 2.40. The lowest BCUT2D eigenvalue weighted by Gasteiger charge is -2.34. The van der Waals surface area contributed by atoms with Crippen molar-refractivity contribution in [2.24, 2.45) is 11.8 Å². The van der Waals surface area contributed by atoms with Gasteiger partial charge >= 0.3 is 5.97 Å². The Balaban J connectivity index is 1.85. The number of hydrogen-bond acceptors (Lipinski definition) is 4. The molecule has 0 bridgehead atoms. The molecule has 2 atom stereocenters. The summed E-state index contributed by atoms with van der Waals surface area (Å²) < 4.78 is 28.0. The van der Waals surface area contributed by atoms with Gasteiger partial charge in [-0.05, 0) is 30.5 Å². The van der Waals surface area contributed by atoms with E-state index < -0.39 is 21.9 Å². The molecule has 1 N–H and O–H groups in total. The van der Waals surface area contributed by atoms with Gasteiger partial charge in [-0.3, -0.25) is 9.59 Å². The van der Waals surface area contributed by atoms with Crippen molar-refractivity contribution < 1.29 is 23.1 Å². The Hall–Kier alpha value is -2.45. The second-order valence-electron chi connectivity index (χ2n) is 7.37. The molecule has 0 saturated carbocycles. The standard InChI is InChI=1S/C19H20N2O5S/c1-11-8-12(19(23)24)10-21(9-11)27(25,26)16-7-6-15-17-13(16)4-3-5-14(17)18(22)20(15)2/h3-7,11-12H,8-10H2,1-2H3,(H,23,24). The van der Waals surface area contributed by atoms with E-state index in [0.717, 1.165) is 0 Å². The van der Waals surface area contributed by atoms with Crippen LogP contribution in [0.1, 0.15) is 23.7 Å². The summed E-state index contributed by atoms with van der Waals surface area (Å²) >= 11 is 0. The average molecular weight is 388 g/mol. The van der Waals surface area contributed by atoms with Crippen LogP contribution in [0.15, 0.2) is 35.2 Å². The number of piperidine rings is 1. The number of carbonyl (C=O) groups is 2. The zero-order chi connectivity index (χ0) is 19.5. The highest BCUT2D eigenvalue weighted by Gasteiger charge is 2.38. The quantitative estimate of drug-likeness (QED) is 0.869. The molecule has 2 aromatic carbocycles. The number of anilines is 1. The minimum absolute atomic E-state index is 0.0379. The van der Waals surface area contributed by atoms with E-state index in [9.17, 15) is 23.1 Å². The van der Waals surface area contributed by atoms with Crippen LogP contribution in [0, 0.1) is 11.8 Å². The predicted molar refractivity (Wildman–Crippen MR) is 100 cm³/mol. The lowest BCUT2D eigenvalue weighted by atomic mass is 9.92. The largest absolute Gasteiger partial charge is 0.481 e. The topological polar surface area (TPSA) is 95.0 Å². The smallest absolute Gasteiger partial charge is 0.307 e. The molecule has 0 spiro atoms. The molecule has 2 heterocycles. The first-order valence-electron chi connectivity index (χ1n) is 8.78. The van der Waals surface area contributed by atoms with Crippen molar-refractivity contribution in [3.63, 3.8) is 0 Å². The maximum absolute atomic E-state index is 13.4. The third kappa shape index (κ3) is 2.62. The minimum Gasteiger partial charge on any atom is -0.481 e. The molecule has 1 amide bonds. The number of hydrogen-bond donors (Lipinski definition) is 1. The molecule has 4 rings (SSSR count). The van der Waals surface area contributed by atoms with E-state index in [0.29, 0.717) is 28.4 Å². The summed E-state index contributed by atoms with van der Waals surface area (Å²) in [5.74, 6) is -1.90. The van der Waals surface area contributed by atoms with E-state index >= 15 is 0 Å². The summed E-state index contributed by atoms with van der Waals surface area (Å²) in [4.78, 5) is 25.5. The number of amides is 1. The van der Waals surface area contributed by atoms with Crippen molar-refractivity contribution in [1.29, 1.82) is 0 Å². The summed E-state index contributed by atoms with van der Waals surface area (Å²) in [5.41, 5.74) is 1.16. The molecule has 2 aliphatic rings. The van der Waals surface area contributed by atoms with E-state index in [4.69, 9.17) is 0 Å². The Bertz CT molecular complexity index is 1080. The van der Waals surface area contributed by atoms with Gasteiger partial charge in [0.1, 0.15) is 0 Å². The van der Waals surface area contributed by atoms with Crippen LogP contribution in [0.3, 0.4) is 0 Å². The van der Waals surface area contributed by atoms with Crippen molar-refractivity contribution in [2.75, 3.05) is 25.0 Å². The fraction of sp³-hybridized carbons (Fsp3) is 0.368. The monoisotopic (exact) mass is 388 g/mol. The Morgan fingerprint density at radius 2 is 1.93 bits per heavy atom. The molecule has 1 saturated heterocycles. The van der Waals surface area contributed by atoms with Gasteiger partial charge in [0.25, 0.3) is 5.91 Å².